The normalized spacial score (nSPS) is 21.5. The van der Waals surface area contributed by atoms with E-state index in [9.17, 15) is 28.4 Å². The van der Waals surface area contributed by atoms with E-state index in [1.54, 1.807) is 18.3 Å². The highest BCUT2D eigenvalue weighted by atomic mass is 35.5. The Morgan fingerprint density at radius 2 is 1.73 bits per heavy atom. The van der Waals surface area contributed by atoms with Crippen LogP contribution in [-0.2, 0) is 9.59 Å². The summed E-state index contributed by atoms with van der Waals surface area (Å²) in [6.45, 7) is 3.77. The summed E-state index contributed by atoms with van der Waals surface area (Å²) in [5.41, 5.74) is 0.693. The van der Waals surface area contributed by atoms with Gasteiger partial charge < -0.3 is 19.7 Å². The largest absolute Gasteiger partial charge is 0.490 e. The zero-order valence-corrected chi connectivity index (χ0v) is 30.6. The highest BCUT2D eigenvalue weighted by molar-refractivity contribution is 6.31. The van der Waals surface area contributed by atoms with Crippen molar-refractivity contribution in [3.63, 3.8) is 0 Å². The van der Waals surface area contributed by atoms with Crippen molar-refractivity contribution in [2.75, 3.05) is 44.2 Å². The number of imide groups is 2. The van der Waals surface area contributed by atoms with Crippen LogP contribution in [0.15, 0.2) is 42.7 Å². The number of benzene rings is 2. The van der Waals surface area contributed by atoms with E-state index in [-0.39, 0.29) is 60.1 Å². The van der Waals surface area contributed by atoms with Gasteiger partial charge >= 0.3 is 0 Å². The van der Waals surface area contributed by atoms with E-state index in [2.05, 4.69) is 36.3 Å². The molecule has 2 saturated heterocycles. The minimum Gasteiger partial charge on any atom is -0.490 e. The average Bonchev–Trinajstić information content (AvgIpc) is 3.41. The molecule has 1 atom stereocenters. The molecule has 4 aliphatic rings. The van der Waals surface area contributed by atoms with E-state index in [1.807, 2.05) is 6.07 Å². The molecule has 1 aliphatic carbocycles. The number of ether oxygens (including phenoxy) is 2. The SMILES string of the molecule is C#Cc1ccc(OC2CCC(NC(=O)c3cnc(N4CCN(CCCOc5cc6c(cc5F)C(=O)N(C5CCC(=O)NC5=O)C6=O)CC4)cn3)CC2)cc1Cl. The lowest BCUT2D eigenvalue weighted by Crippen LogP contribution is -2.54. The van der Waals surface area contributed by atoms with Crippen LogP contribution in [-0.4, -0.2) is 107 Å². The van der Waals surface area contributed by atoms with Crippen LogP contribution in [0.3, 0.4) is 0 Å². The number of amides is 5. The molecule has 3 aromatic rings. The van der Waals surface area contributed by atoms with Crippen LogP contribution >= 0.6 is 11.6 Å². The smallest absolute Gasteiger partial charge is 0.271 e. The van der Waals surface area contributed by atoms with Gasteiger partial charge in [0.25, 0.3) is 17.7 Å². The second kappa shape index (κ2) is 16.4. The number of carbonyl (C=O) groups excluding carboxylic acids is 5. The number of rotatable bonds is 11. The van der Waals surface area contributed by atoms with Crippen molar-refractivity contribution in [3.8, 4) is 23.8 Å². The number of piperazine rings is 1. The van der Waals surface area contributed by atoms with Crippen LogP contribution in [0.2, 0.25) is 5.02 Å². The van der Waals surface area contributed by atoms with Crippen molar-refractivity contribution < 1.29 is 37.8 Å². The molecule has 1 unspecified atom stereocenters. The first-order valence-corrected chi connectivity index (χ1v) is 18.7. The molecule has 2 N–H and O–H groups in total. The molecule has 286 valence electrons. The first kappa shape index (κ1) is 37.7. The number of fused-ring (bicyclic) bond motifs is 1. The monoisotopic (exact) mass is 771 g/mol. The molecule has 14 nitrogen and oxygen atoms in total. The minimum atomic E-state index is -1.13. The Kier molecular flexibility index (Phi) is 11.3. The number of nitrogens with zero attached hydrogens (tertiary/aromatic N) is 5. The van der Waals surface area contributed by atoms with Crippen molar-refractivity contribution >= 4 is 47.0 Å². The molecule has 16 heteroatoms. The number of terminal acetylenes is 1. The van der Waals surface area contributed by atoms with Gasteiger partial charge in [0.15, 0.2) is 11.6 Å². The fourth-order valence-corrected chi connectivity index (χ4v) is 7.54. The van der Waals surface area contributed by atoms with Crippen molar-refractivity contribution in [1.29, 1.82) is 0 Å². The summed E-state index contributed by atoms with van der Waals surface area (Å²) in [5, 5.41) is 5.69. The van der Waals surface area contributed by atoms with Gasteiger partial charge in [-0.05, 0) is 62.8 Å². The number of halogens is 2. The van der Waals surface area contributed by atoms with Crippen molar-refractivity contribution in [1.82, 2.24) is 30.4 Å². The zero-order chi connectivity index (χ0) is 38.6. The highest BCUT2D eigenvalue weighted by Crippen LogP contribution is 2.32. The lowest BCUT2D eigenvalue weighted by Gasteiger charge is -2.35. The van der Waals surface area contributed by atoms with Crippen molar-refractivity contribution in [2.24, 2.45) is 0 Å². The van der Waals surface area contributed by atoms with E-state index in [4.69, 9.17) is 27.5 Å². The first-order valence-electron chi connectivity index (χ1n) is 18.3. The molecule has 4 heterocycles. The van der Waals surface area contributed by atoms with Gasteiger partial charge in [0.05, 0.1) is 41.3 Å². The van der Waals surface area contributed by atoms with Crippen LogP contribution in [0.5, 0.6) is 11.5 Å². The van der Waals surface area contributed by atoms with Gasteiger partial charge in [0.1, 0.15) is 23.3 Å². The quantitative estimate of drug-likeness (QED) is 0.167. The maximum absolute atomic E-state index is 14.9. The van der Waals surface area contributed by atoms with Crippen molar-refractivity contribution in [2.45, 2.75) is 63.1 Å². The van der Waals surface area contributed by atoms with E-state index >= 15 is 0 Å². The number of hydrogen-bond acceptors (Lipinski definition) is 11. The van der Waals surface area contributed by atoms with E-state index in [0.717, 1.165) is 49.7 Å². The molecule has 55 heavy (non-hydrogen) atoms. The second-order valence-electron chi connectivity index (χ2n) is 13.9. The molecule has 1 aromatic heterocycles. The molecule has 7 rings (SSSR count). The van der Waals surface area contributed by atoms with E-state index in [0.29, 0.717) is 48.2 Å². The van der Waals surface area contributed by atoms with Crippen LogP contribution in [0.25, 0.3) is 0 Å². The summed E-state index contributed by atoms with van der Waals surface area (Å²) < 4.78 is 26.7. The molecule has 3 aliphatic heterocycles. The molecular weight excluding hydrogens is 733 g/mol. The summed E-state index contributed by atoms with van der Waals surface area (Å²) in [6.07, 6.45) is 12.3. The Labute approximate surface area is 321 Å². The Balaban J connectivity index is 0.815. The fourth-order valence-electron chi connectivity index (χ4n) is 7.32. The third-order valence-electron chi connectivity index (χ3n) is 10.3. The number of carbonyl (C=O) groups is 5. The topological polar surface area (TPSA) is 163 Å². The van der Waals surface area contributed by atoms with Gasteiger partial charge in [0, 0.05) is 56.8 Å². The molecule has 0 radical (unpaired) electrons. The van der Waals surface area contributed by atoms with Gasteiger partial charge in [-0.2, -0.15) is 0 Å². The van der Waals surface area contributed by atoms with Gasteiger partial charge in [0.2, 0.25) is 11.8 Å². The van der Waals surface area contributed by atoms with Gasteiger partial charge in [-0.15, -0.1) is 6.42 Å². The molecule has 5 amide bonds. The third kappa shape index (κ3) is 8.40. The average molecular weight is 772 g/mol. The summed E-state index contributed by atoms with van der Waals surface area (Å²) in [5.74, 6) is -0.0205. The molecule has 1 saturated carbocycles. The predicted molar refractivity (Wildman–Crippen MR) is 197 cm³/mol. The maximum atomic E-state index is 14.9. The Hall–Kier alpha value is -5.59. The lowest BCUT2D eigenvalue weighted by molar-refractivity contribution is -0.136. The number of aromatic nitrogens is 2. The van der Waals surface area contributed by atoms with Crippen LogP contribution in [0.4, 0.5) is 10.2 Å². The maximum Gasteiger partial charge on any atom is 0.271 e. The first-order chi connectivity index (χ1) is 26.6. The predicted octanol–water partition coefficient (Wildman–Crippen LogP) is 3.36. The molecule has 0 bridgehead atoms. The van der Waals surface area contributed by atoms with Gasteiger partial charge in [-0.3, -0.25) is 39.1 Å². The standard InChI is InChI=1S/C39H39ClFN7O7/c1-2-23-4-7-26(18-29(23)40)55-25-8-5-24(6-9-25)44-36(50)31-21-43-34(22-42-31)47-15-13-46(14-16-47)12-3-17-54-33-20-28-27(19-30(33)41)38(52)48(39(28)53)32-10-11-35(49)45-37(32)51/h1,4,7,18-22,24-25,32H,3,5-6,8-17H2,(H,44,50)(H,45,49,51). The summed E-state index contributed by atoms with van der Waals surface area (Å²) >= 11 is 6.20. The number of piperidine rings is 1. The van der Waals surface area contributed by atoms with Crippen LogP contribution in [0.1, 0.15) is 81.7 Å². The lowest BCUT2D eigenvalue weighted by atomic mass is 9.93. The summed E-state index contributed by atoms with van der Waals surface area (Å²) in [6, 6.07) is 6.35. The van der Waals surface area contributed by atoms with Gasteiger partial charge in [-0.25, -0.2) is 14.4 Å². The molecule has 2 aromatic carbocycles. The summed E-state index contributed by atoms with van der Waals surface area (Å²) in [4.78, 5) is 76.8. The molecule has 0 spiro atoms. The summed E-state index contributed by atoms with van der Waals surface area (Å²) in [7, 11) is 0. The minimum absolute atomic E-state index is 0.00765. The van der Waals surface area contributed by atoms with E-state index < -0.39 is 35.5 Å². The Morgan fingerprint density at radius 3 is 2.40 bits per heavy atom. The third-order valence-corrected chi connectivity index (χ3v) is 10.7. The number of hydrogen-bond donors (Lipinski definition) is 2. The molecular formula is C39H39ClFN7O7. The van der Waals surface area contributed by atoms with Crippen molar-refractivity contribution in [3.05, 3.63) is 75.9 Å². The van der Waals surface area contributed by atoms with E-state index in [1.165, 1.54) is 12.3 Å². The second-order valence-corrected chi connectivity index (χ2v) is 14.3. The van der Waals surface area contributed by atoms with Crippen LogP contribution < -0.4 is 25.0 Å². The Bertz CT molecular complexity index is 2040. The zero-order valence-electron chi connectivity index (χ0n) is 29.9. The number of anilines is 1. The number of nitrogens with one attached hydrogen (secondary N) is 2. The molecule has 3 fully saturated rings. The Morgan fingerprint density at radius 1 is 0.982 bits per heavy atom. The van der Waals surface area contributed by atoms with Crippen LogP contribution in [0, 0.1) is 18.2 Å². The van der Waals surface area contributed by atoms with Gasteiger partial charge in [-0.1, -0.05) is 17.5 Å². The highest BCUT2D eigenvalue weighted by Gasteiger charge is 2.45. The fraction of sp³-hybridized carbons (Fsp3) is 0.410.